The van der Waals surface area contributed by atoms with Crippen LogP contribution in [0.15, 0.2) is 18.3 Å². The first-order valence-electron chi connectivity index (χ1n) is 6.81. The largest absolute Gasteiger partial charge is 0.481 e. The van der Waals surface area contributed by atoms with Crippen molar-refractivity contribution in [2.75, 3.05) is 26.8 Å². The molecule has 118 valence electrons. The van der Waals surface area contributed by atoms with Crippen LogP contribution >= 0.6 is 0 Å². The van der Waals surface area contributed by atoms with Crippen LogP contribution in [0.1, 0.15) is 27.3 Å². The average molecular weight is 307 g/mol. The summed E-state index contributed by atoms with van der Waals surface area (Å²) >= 11 is 0. The third-order valence-corrected chi connectivity index (χ3v) is 3.37. The highest BCUT2D eigenvalue weighted by Crippen LogP contribution is 2.15. The van der Waals surface area contributed by atoms with E-state index in [1.165, 1.54) is 30.3 Å². The maximum absolute atomic E-state index is 12.5. The first-order valence-corrected chi connectivity index (χ1v) is 6.81. The van der Waals surface area contributed by atoms with Gasteiger partial charge in [-0.1, -0.05) is 0 Å². The Morgan fingerprint density at radius 3 is 2.82 bits per heavy atom. The number of hydrogen-bond donors (Lipinski definition) is 2. The molecular weight excluding hydrogens is 290 g/mol. The van der Waals surface area contributed by atoms with Crippen LogP contribution < -0.4 is 5.32 Å². The maximum Gasteiger partial charge on any atom is 0.305 e. The molecule has 0 bridgehead atoms. The van der Waals surface area contributed by atoms with Crippen molar-refractivity contribution in [3.05, 3.63) is 29.6 Å². The number of amides is 2. The molecule has 1 aromatic rings. The zero-order valence-electron chi connectivity index (χ0n) is 12.1. The van der Waals surface area contributed by atoms with Crippen LogP contribution in [0.3, 0.4) is 0 Å². The predicted molar refractivity (Wildman–Crippen MR) is 75.5 cm³/mol. The van der Waals surface area contributed by atoms with Crippen LogP contribution in [0, 0.1) is 0 Å². The molecule has 1 fully saturated rings. The number of pyridine rings is 1. The zero-order valence-corrected chi connectivity index (χ0v) is 12.1. The van der Waals surface area contributed by atoms with Gasteiger partial charge in [0.25, 0.3) is 11.8 Å². The van der Waals surface area contributed by atoms with Crippen LogP contribution in [-0.2, 0) is 9.53 Å². The topological polar surface area (TPSA) is 109 Å². The van der Waals surface area contributed by atoms with Gasteiger partial charge in [-0.15, -0.1) is 0 Å². The fourth-order valence-electron chi connectivity index (χ4n) is 2.24. The molecular formula is C14H17N3O5. The van der Waals surface area contributed by atoms with E-state index in [-0.39, 0.29) is 30.5 Å². The first kappa shape index (κ1) is 15.9. The van der Waals surface area contributed by atoms with Gasteiger partial charge < -0.3 is 20.1 Å². The van der Waals surface area contributed by atoms with Crippen molar-refractivity contribution in [3.63, 3.8) is 0 Å². The highest BCUT2D eigenvalue weighted by Gasteiger charge is 2.30. The molecule has 0 aromatic carbocycles. The molecule has 2 amide bonds. The lowest BCUT2D eigenvalue weighted by Gasteiger charge is -2.34. The maximum atomic E-state index is 12.5. The number of aliphatic carboxylic acids is 1. The van der Waals surface area contributed by atoms with E-state index >= 15 is 0 Å². The lowest BCUT2D eigenvalue weighted by atomic mass is 10.1. The Labute approximate surface area is 127 Å². The fourth-order valence-corrected chi connectivity index (χ4v) is 2.24. The van der Waals surface area contributed by atoms with Crippen molar-refractivity contribution in [1.82, 2.24) is 15.2 Å². The number of aromatic nitrogens is 1. The van der Waals surface area contributed by atoms with Gasteiger partial charge in [0.2, 0.25) is 0 Å². The van der Waals surface area contributed by atoms with Gasteiger partial charge in [0, 0.05) is 19.8 Å². The second-order valence-electron chi connectivity index (χ2n) is 4.84. The lowest BCUT2D eigenvalue weighted by molar-refractivity contribution is -0.139. The van der Waals surface area contributed by atoms with E-state index in [1.54, 1.807) is 0 Å². The van der Waals surface area contributed by atoms with Gasteiger partial charge in [0.05, 0.1) is 31.2 Å². The summed E-state index contributed by atoms with van der Waals surface area (Å²) in [4.78, 5) is 40.2. The Bertz CT molecular complexity index is 572. The molecule has 1 saturated heterocycles. The number of rotatable bonds is 4. The molecule has 1 unspecified atom stereocenters. The number of nitrogens with one attached hydrogen (secondary N) is 1. The highest BCUT2D eigenvalue weighted by atomic mass is 16.5. The Morgan fingerprint density at radius 2 is 2.23 bits per heavy atom. The lowest BCUT2D eigenvalue weighted by Crippen LogP contribution is -2.49. The Balaban J connectivity index is 2.14. The summed E-state index contributed by atoms with van der Waals surface area (Å²) in [5.74, 6) is -1.64. The number of carbonyl (C=O) groups excluding carboxylic acids is 2. The predicted octanol–water partition coefficient (Wildman–Crippen LogP) is -0.243. The summed E-state index contributed by atoms with van der Waals surface area (Å²) in [7, 11) is 1.49. The van der Waals surface area contributed by atoms with Crippen LogP contribution in [0.25, 0.3) is 0 Å². The van der Waals surface area contributed by atoms with Crippen molar-refractivity contribution < 1.29 is 24.2 Å². The van der Waals surface area contributed by atoms with Crippen LogP contribution in [0.5, 0.6) is 0 Å². The monoisotopic (exact) mass is 307 g/mol. The van der Waals surface area contributed by atoms with Crippen LogP contribution in [0.4, 0.5) is 0 Å². The molecule has 2 rings (SSSR count). The molecule has 0 aliphatic carbocycles. The number of morpholine rings is 1. The summed E-state index contributed by atoms with van der Waals surface area (Å²) in [6.07, 6.45) is 1.15. The van der Waals surface area contributed by atoms with Crippen LogP contribution in [0.2, 0.25) is 0 Å². The highest BCUT2D eigenvalue weighted by molar-refractivity contribution is 5.96. The molecule has 0 spiro atoms. The first-order chi connectivity index (χ1) is 10.5. The van der Waals surface area contributed by atoms with Gasteiger partial charge in [0.1, 0.15) is 5.69 Å². The number of carbonyl (C=O) groups is 3. The van der Waals surface area contributed by atoms with E-state index in [2.05, 4.69) is 10.3 Å². The van der Waals surface area contributed by atoms with Crippen molar-refractivity contribution in [3.8, 4) is 0 Å². The summed E-state index contributed by atoms with van der Waals surface area (Å²) in [5, 5.41) is 11.4. The molecule has 8 heteroatoms. The van der Waals surface area contributed by atoms with Gasteiger partial charge in [-0.3, -0.25) is 19.4 Å². The summed E-state index contributed by atoms with van der Waals surface area (Å²) in [6.45, 7) is 0.890. The van der Waals surface area contributed by atoms with E-state index in [0.717, 1.165) is 0 Å². The third-order valence-electron chi connectivity index (χ3n) is 3.37. The number of nitrogens with zero attached hydrogens (tertiary/aromatic N) is 2. The SMILES string of the molecule is CNC(=O)c1ccc(C(=O)N2CCOCC2CC(=O)O)cn1. The molecule has 1 atom stereocenters. The molecule has 0 radical (unpaired) electrons. The van der Waals surface area contributed by atoms with Crippen molar-refractivity contribution in [2.45, 2.75) is 12.5 Å². The number of carboxylic acids is 1. The Morgan fingerprint density at radius 1 is 1.45 bits per heavy atom. The minimum absolute atomic E-state index is 0.171. The third kappa shape index (κ3) is 3.59. The smallest absolute Gasteiger partial charge is 0.305 e. The van der Waals surface area contributed by atoms with E-state index in [1.807, 2.05) is 0 Å². The van der Waals surface area contributed by atoms with Gasteiger partial charge in [-0.05, 0) is 12.1 Å². The van der Waals surface area contributed by atoms with E-state index in [0.29, 0.717) is 18.7 Å². The van der Waals surface area contributed by atoms with Crippen LogP contribution in [-0.4, -0.2) is 65.6 Å². The number of ether oxygens (including phenoxy) is 1. The number of hydrogen-bond acceptors (Lipinski definition) is 5. The summed E-state index contributed by atoms with van der Waals surface area (Å²) in [6, 6.07) is 2.46. The quantitative estimate of drug-likeness (QED) is 0.794. The molecule has 1 aliphatic heterocycles. The molecule has 2 heterocycles. The normalized spacial score (nSPS) is 17.9. The number of carboxylic acid groups (broad SMARTS) is 1. The second-order valence-corrected chi connectivity index (χ2v) is 4.84. The average Bonchev–Trinajstić information content (AvgIpc) is 2.53. The molecule has 2 N–H and O–H groups in total. The molecule has 22 heavy (non-hydrogen) atoms. The summed E-state index contributed by atoms with van der Waals surface area (Å²) < 4.78 is 5.24. The minimum atomic E-state index is -0.985. The van der Waals surface area contributed by atoms with Crippen molar-refractivity contribution in [1.29, 1.82) is 0 Å². The fraction of sp³-hybridized carbons (Fsp3) is 0.429. The molecule has 8 nitrogen and oxygen atoms in total. The Kier molecular flexibility index (Phi) is 5.05. The van der Waals surface area contributed by atoms with Crippen molar-refractivity contribution >= 4 is 17.8 Å². The van der Waals surface area contributed by atoms with Crippen molar-refractivity contribution in [2.24, 2.45) is 0 Å². The van der Waals surface area contributed by atoms with E-state index in [9.17, 15) is 14.4 Å². The second kappa shape index (κ2) is 6.99. The Hall–Kier alpha value is -2.48. The standard InChI is InChI=1S/C14H17N3O5/c1-15-13(20)11-3-2-9(7-16-11)14(21)17-4-5-22-8-10(17)6-12(18)19/h2-3,7,10H,4-6,8H2,1H3,(H,15,20)(H,18,19). The molecule has 0 saturated carbocycles. The van der Waals surface area contributed by atoms with E-state index in [4.69, 9.17) is 9.84 Å². The molecule has 1 aliphatic rings. The van der Waals surface area contributed by atoms with Gasteiger partial charge >= 0.3 is 5.97 Å². The zero-order chi connectivity index (χ0) is 16.1. The van der Waals surface area contributed by atoms with E-state index < -0.39 is 12.0 Å². The van der Waals surface area contributed by atoms with Gasteiger partial charge in [0.15, 0.2) is 0 Å². The minimum Gasteiger partial charge on any atom is -0.481 e. The molecule has 1 aromatic heterocycles. The van der Waals surface area contributed by atoms with Gasteiger partial charge in [-0.2, -0.15) is 0 Å². The van der Waals surface area contributed by atoms with Gasteiger partial charge in [-0.25, -0.2) is 0 Å². The summed E-state index contributed by atoms with van der Waals surface area (Å²) in [5.41, 5.74) is 0.521.